The molecule has 0 radical (unpaired) electrons. The Kier molecular flexibility index (Phi) is 6.24. The van der Waals surface area contributed by atoms with Gasteiger partial charge in [0.05, 0.1) is 0 Å². The first-order valence-electron chi connectivity index (χ1n) is 8.23. The van der Waals surface area contributed by atoms with Crippen LogP contribution in [0.3, 0.4) is 0 Å². The van der Waals surface area contributed by atoms with Gasteiger partial charge in [0.15, 0.2) is 15.7 Å². The average Bonchev–Trinajstić information content (AvgIpc) is 3.02. The van der Waals surface area contributed by atoms with Crippen LogP contribution in [0.4, 0.5) is 5.69 Å². The third-order valence-corrected chi connectivity index (χ3v) is 5.85. The topological polar surface area (TPSA) is 98.0 Å². The van der Waals surface area contributed by atoms with Gasteiger partial charge in [-0.1, -0.05) is 25.1 Å². The lowest BCUT2D eigenvalue weighted by atomic mass is 10.2. The molecule has 0 N–H and O–H groups in total. The minimum Gasteiger partial charge on any atom is -0.312 e. The molecule has 0 aliphatic heterocycles. The van der Waals surface area contributed by atoms with Crippen molar-refractivity contribution in [1.82, 2.24) is 20.2 Å². The number of benzene rings is 1. The summed E-state index contributed by atoms with van der Waals surface area (Å²) in [6, 6.07) is 9.02. The molecule has 25 heavy (non-hydrogen) atoms. The van der Waals surface area contributed by atoms with Crippen LogP contribution in [0.5, 0.6) is 0 Å². The largest absolute Gasteiger partial charge is 0.312 e. The van der Waals surface area contributed by atoms with Gasteiger partial charge in [-0.25, -0.2) is 13.1 Å². The van der Waals surface area contributed by atoms with E-state index in [0.29, 0.717) is 18.8 Å². The third kappa shape index (κ3) is 4.41. The maximum Gasteiger partial charge on any atom is 0.245 e. The summed E-state index contributed by atoms with van der Waals surface area (Å²) in [7, 11) is -3.74. The molecule has 0 spiro atoms. The van der Waals surface area contributed by atoms with Crippen molar-refractivity contribution >= 4 is 21.4 Å². The number of carbonyl (C=O) groups excluding carboxylic acids is 1. The molecule has 8 nitrogen and oxygen atoms in total. The molecule has 1 atom stereocenters. The average molecular weight is 365 g/mol. The Morgan fingerprint density at radius 2 is 1.92 bits per heavy atom. The van der Waals surface area contributed by atoms with Crippen molar-refractivity contribution in [2.24, 2.45) is 0 Å². The highest BCUT2D eigenvalue weighted by molar-refractivity contribution is 7.92. The van der Waals surface area contributed by atoms with E-state index in [1.54, 1.807) is 12.1 Å². The highest BCUT2D eigenvalue weighted by Crippen LogP contribution is 2.18. The summed E-state index contributed by atoms with van der Waals surface area (Å²) < 4.78 is 26.8. The smallest absolute Gasteiger partial charge is 0.245 e. The Morgan fingerprint density at radius 1 is 1.24 bits per heavy atom. The lowest BCUT2D eigenvalue weighted by Gasteiger charge is -2.24. The normalized spacial score (nSPS) is 12.8. The van der Waals surface area contributed by atoms with Gasteiger partial charge in [0.2, 0.25) is 5.91 Å². The maximum absolute atomic E-state index is 12.7. The number of anilines is 1. The first-order valence-corrected chi connectivity index (χ1v) is 9.95. The molecule has 0 bridgehead atoms. The number of aromatic nitrogens is 4. The molecular weight excluding hydrogens is 342 g/mol. The molecule has 1 unspecified atom stereocenters. The summed E-state index contributed by atoms with van der Waals surface area (Å²) >= 11 is 0. The molecule has 0 saturated heterocycles. The zero-order valence-corrected chi connectivity index (χ0v) is 15.5. The van der Waals surface area contributed by atoms with Gasteiger partial charge >= 0.3 is 0 Å². The van der Waals surface area contributed by atoms with Gasteiger partial charge in [-0.05, 0) is 42.8 Å². The molecule has 9 heteroatoms. The second kappa shape index (κ2) is 8.19. The third-order valence-electron chi connectivity index (χ3n) is 3.91. The van der Waals surface area contributed by atoms with E-state index in [4.69, 9.17) is 0 Å². The summed E-state index contributed by atoms with van der Waals surface area (Å²) in [4.78, 5) is 14.2. The highest BCUT2D eigenvalue weighted by atomic mass is 32.2. The number of para-hydroxylation sites is 1. The molecular formula is C16H23N5O3S. The first kappa shape index (κ1) is 19.0. The van der Waals surface area contributed by atoms with Crippen LogP contribution >= 0.6 is 0 Å². The SMILES string of the molecule is CCCn1nnnc1CS(=O)(=O)C(C)C(=O)N(CC)c1ccccc1. The van der Waals surface area contributed by atoms with E-state index in [2.05, 4.69) is 15.5 Å². The number of amides is 1. The molecule has 2 rings (SSSR count). The first-order chi connectivity index (χ1) is 11.9. The van der Waals surface area contributed by atoms with Crippen molar-refractivity contribution in [3.8, 4) is 0 Å². The highest BCUT2D eigenvalue weighted by Gasteiger charge is 2.33. The van der Waals surface area contributed by atoms with Crippen LogP contribution in [0.1, 0.15) is 33.0 Å². The lowest BCUT2D eigenvalue weighted by Crippen LogP contribution is -2.42. The zero-order chi connectivity index (χ0) is 18.4. The monoisotopic (exact) mass is 365 g/mol. The number of aryl methyl sites for hydroxylation is 1. The molecule has 1 aromatic heterocycles. The summed E-state index contributed by atoms with van der Waals surface area (Å²) in [5.41, 5.74) is 0.674. The van der Waals surface area contributed by atoms with Crippen LogP contribution in [0.25, 0.3) is 0 Å². The second-order valence-corrected chi connectivity index (χ2v) is 8.01. The number of sulfone groups is 1. The Bertz CT molecular complexity index is 804. The summed E-state index contributed by atoms with van der Waals surface area (Å²) in [5, 5.41) is 9.92. The number of nitrogens with zero attached hydrogens (tertiary/aromatic N) is 5. The van der Waals surface area contributed by atoms with Crippen molar-refractivity contribution < 1.29 is 13.2 Å². The second-order valence-electron chi connectivity index (χ2n) is 5.69. The fraction of sp³-hybridized carbons (Fsp3) is 0.500. The summed E-state index contributed by atoms with van der Waals surface area (Å²) in [5.74, 6) is -0.563. The van der Waals surface area contributed by atoms with Crippen molar-refractivity contribution in [1.29, 1.82) is 0 Å². The number of rotatable bonds is 8. The molecule has 2 aromatic rings. The van der Waals surface area contributed by atoms with E-state index in [1.807, 2.05) is 32.0 Å². The Labute approximate surface area is 147 Å². The minimum absolute atomic E-state index is 0.254. The number of carbonyl (C=O) groups is 1. The lowest BCUT2D eigenvalue weighted by molar-refractivity contribution is -0.117. The van der Waals surface area contributed by atoms with Crippen LogP contribution in [0.2, 0.25) is 0 Å². The fourth-order valence-electron chi connectivity index (χ4n) is 2.46. The van der Waals surface area contributed by atoms with Gasteiger partial charge in [0.1, 0.15) is 11.0 Å². The molecule has 0 aliphatic rings. The zero-order valence-electron chi connectivity index (χ0n) is 14.7. The standard InChI is InChI=1S/C16H23N5O3S/c1-4-11-21-15(17-18-19-21)12-25(23,24)13(3)16(22)20(5-2)14-9-7-6-8-10-14/h6-10,13H,4-5,11-12H2,1-3H3. The van der Waals surface area contributed by atoms with Crippen LogP contribution < -0.4 is 4.90 Å². The van der Waals surface area contributed by atoms with Gasteiger partial charge < -0.3 is 4.90 Å². The molecule has 0 saturated carbocycles. The van der Waals surface area contributed by atoms with Crippen LogP contribution in [0, 0.1) is 0 Å². The van der Waals surface area contributed by atoms with E-state index >= 15 is 0 Å². The van der Waals surface area contributed by atoms with Crippen LogP contribution in [-0.4, -0.2) is 46.3 Å². The number of tetrazole rings is 1. The predicted octanol–water partition coefficient (Wildman–Crippen LogP) is 1.44. The van der Waals surface area contributed by atoms with Gasteiger partial charge in [-0.15, -0.1) is 5.10 Å². The summed E-state index contributed by atoms with van der Waals surface area (Å²) in [6.45, 7) is 6.09. The molecule has 136 valence electrons. The molecule has 1 aromatic carbocycles. The quantitative estimate of drug-likeness (QED) is 0.702. The Hall–Kier alpha value is -2.29. The molecule has 0 aliphatic carbocycles. The van der Waals surface area contributed by atoms with Crippen molar-refractivity contribution in [3.63, 3.8) is 0 Å². The predicted molar refractivity (Wildman–Crippen MR) is 94.7 cm³/mol. The maximum atomic E-state index is 12.7. The van der Waals surface area contributed by atoms with Crippen molar-refractivity contribution in [3.05, 3.63) is 36.2 Å². The molecule has 1 amide bonds. The molecule has 1 heterocycles. The van der Waals surface area contributed by atoms with Crippen molar-refractivity contribution in [2.45, 2.75) is 44.7 Å². The van der Waals surface area contributed by atoms with Crippen LogP contribution in [-0.2, 0) is 26.9 Å². The van der Waals surface area contributed by atoms with Crippen LogP contribution in [0.15, 0.2) is 30.3 Å². The Balaban J connectivity index is 2.20. The van der Waals surface area contributed by atoms with Gasteiger partial charge in [0.25, 0.3) is 0 Å². The van der Waals surface area contributed by atoms with E-state index in [0.717, 1.165) is 6.42 Å². The van der Waals surface area contributed by atoms with E-state index in [-0.39, 0.29) is 11.6 Å². The van der Waals surface area contributed by atoms with Crippen molar-refractivity contribution in [2.75, 3.05) is 11.4 Å². The minimum atomic E-state index is -3.74. The van der Waals surface area contributed by atoms with Gasteiger partial charge in [-0.3, -0.25) is 4.79 Å². The fourth-order valence-corrected chi connectivity index (χ4v) is 3.71. The number of hydrogen-bond acceptors (Lipinski definition) is 6. The number of hydrogen-bond donors (Lipinski definition) is 0. The molecule has 0 fully saturated rings. The van der Waals surface area contributed by atoms with E-state index in [1.165, 1.54) is 16.5 Å². The summed E-state index contributed by atoms with van der Waals surface area (Å²) in [6.07, 6.45) is 0.782. The Morgan fingerprint density at radius 3 is 2.52 bits per heavy atom. The van der Waals surface area contributed by atoms with E-state index < -0.39 is 21.0 Å². The van der Waals surface area contributed by atoms with Gasteiger partial charge in [-0.2, -0.15) is 0 Å². The van der Waals surface area contributed by atoms with Gasteiger partial charge in [0, 0.05) is 18.8 Å². The van der Waals surface area contributed by atoms with E-state index in [9.17, 15) is 13.2 Å².